The van der Waals surface area contributed by atoms with Crippen LogP contribution in [0.15, 0.2) is 34.9 Å². The molecule has 1 heterocycles. The van der Waals surface area contributed by atoms with Crippen LogP contribution in [0.1, 0.15) is 34.7 Å². The number of nitrogens with one attached hydrogen (secondary N) is 1. The van der Waals surface area contributed by atoms with Gasteiger partial charge < -0.3 is 24.2 Å². The lowest BCUT2D eigenvalue weighted by Gasteiger charge is -2.20. The van der Waals surface area contributed by atoms with Crippen molar-refractivity contribution in [2.45, 2.75) is 31.8 Å². The molecule has 0 atom stereocenters. The van der Waals surface area contributed by atoms with E-state index < -0.39 is 0 Å². The van der Waals surface area contributed by atoms with Gasteiger partial charge in [0.15, 0.2) is 11.5 Å². The molecular weight excluding hydrogens is 362 g/mol. The van der Waals surface area contributed by atoms with Crippen LogP contribution in [0.25, 0.3) is 0 Å². The molecule has 1 aromatic heterocycles. The number of amides is 2. The number of carbonyl (C=O) groups is 2. The van der Waals surface area contributed by atoms with Crippen molar-refractivity contribution in [3.8, 4) is 5.75 Å². The van der Waals surface area contributed by atoms with E-state index in [4.69, 9.17) is 14.0 Å². The normalized spacial score (nSPS) is 13.2. The predicted molar refractivity (Wildman–Crippen MR) is 101 cm³/mol. The molecule has 1 aliphatic carbocycles. The largest absolute Gasteiger partial charge is 0.497 e. The van der Waals surface area contributed by atoms with E-state index >= 15 is 0 Å². The number of nitrogens with zero attached hydrogens (tertiary/aromatic N) is 2. The molecule has 0 bridgehead atoms. The van der Waals surface area contributed by atoms with Crippen LogP contribution in [0.4, 0.5) is 0 Å². The SMILES string of the molecule is COCC(=O)N(Cc1cc(C(=O)NCCc2ccc(OC)cc2)no1)C1CC1. The highest BCUT2D eigenvalue weighted by Gasteiger charge is 2.33. The molecule has 3 rings (SSSR count). The van der Waals surface area contributed by atoms with Crippen LogP contribution in [0.2, 0.25) is 0 Å². The first-order valence-electron chi connectivity index (χ1n) is 9.26. The van der Waals surface area contributed by atoms with Crippen LogP contribution in [0.5, 0.6) is 5.75 Å². The molecule has 2 amide bonds. The molecule has 0 aliphatic heterocycles. The summed E-state index contributed by atoms with van der Waals surface area (Å²) in [6.45, 7) is 0.802. The van der Waals surface area contributed by atoms with E-state index in [1.807, 2.05) is 24.3 Å². The number of carbonyl (C=O) groups excluding carboxylic acids is 2. The molecule has 8 nitrogen and oxygen atoms in total. The van der Waals surface area contributed by atoms with E-state index in [0.29, 0.717) is 25.3 Å². The summed E-state index contributed by atoms with van der Waals surface area (Å²) in [6.07, 6.45) is 2.64. The Kier molecular flexibility index (Phi) is 6.65. The Balaban J connectivity index is 1.49. The summed E-state index contributed by atoms with van der Waals surface area (Å²) in [5, 5.41) is 6.66. The lowest BCUT2D eigenvalue weighted by Crippen LogP contribution is -2.35. The van der Waals surface area contributed by atoms with Gasteiger partial charge in [-0.1, -0.05) is 17.3 Å². The van der Waals surface area contributed by atoms with E-state index in [2.05, 4.69) is 10.5 Å². The highest BCUT2D eigenvalue weighted by molar-refractivity contribution is 5.92. The zero-order chi connectivity index (χ0) is 19.9. The van der Waals surface area contributed by atoms with Crippen LogP contribution < -0.4 is 10.1 Å². The van der Waals surface area contributed by atoms with Gasteiger partial charge in [0.2, 0.25) is 5.91 Å². The van der Waals surface area contributed by atoms with E-state index in [-0.39, 0.29) is 30.2 Å². The van der Waals surface area contributed by atoms with Gasteiger partial charge in [0, 0.05) is 25.8 Å². The number of ether oxygens (including phenoxy) is 2. The average molecular weight is 387 g/mol. The summed E-state index contributed by atoms with van der Waals surface area (Å²) in [5.74, 6) is 0.889. The predicted octanol–water partition coefficient (Wildman–Crippen LogP) is 1.79. The number of methoxy groups -OCH3 is 2. The van der Waals surface area contributed by atoms with Gasteiger partial charge in [-0.05, 0) is 37.0 Å². The van der Waals surface area contributed by atoms with Crippen molar-refractivity contribution in [1.82, 2.24) is 15.4 Å². The molecule has 0 unspecified atom stereocenters. The summed E-state index contributed by atoms with van der Waals surface area (Å²) in [4.78, 5) is 26.1. The summed E-state index contributed by atoms with van der Waals surface area (Å²) in [7, 11) is 3.12. The maximum Gasteiger partial charge on any atom is 0.273 e. The second-order valence-electron chi connectivity index (χ2n) is 6.72. The monoisotopic (exact) mass is 387 g/mol. The summed E-state index contributed by atoms with van der Waals surface area (Å²) >= 11 is 0. The molecule has 1 aliphatic rings. The minimum absolute atomic E-state index is 0.0311. The van der Waals surface area contributed by atoms with Gasteiger partial charge >= 0.3 is 0 Å². The Labute approximate surface area is 163 Å². The highest BCUT2D eigenvalue weighted by atomic mass is 16.5. The van der Waals surface area contributed by atoms with Gasteiger partial charge in [-0.25, -0.2) is 0 Å². The topological polar surface area (TPSA) is 93.9 Å². The molecule has 0 radical (unpaired) electrons. The average Bonchev–Trinajstić information content (AvgIpc) is 3.44. The molecule has 2 aromatic rings. The smallest absolute Gasteiger partial charge is 0.273 e. The fraction of sp³-hybridized carbons (Fsp3) is 0.450. The lowest BCUT2D eigenvalue weighted by atomic mass is 10.1. The molecule has 1 fully saturated rings. The Morgan fingerprint density at radius 1 is 1.25 bits per heavy atom. The first-order chi connectivity index (χ1) is 13.6. The molecule has 0 spiro atoms. The van der Waals surface area contributed by atoms with Crippen molar-refractivity contribution in [2.24, 2.45) is 0 Å². The van der Waals surface area contributed by atoms with Crippen molar-refractivity contribution in [3.05, 3.63) is 47.3 Å². The Bertz CT molecular complexity index is 798. The summed E-state index contributed by atoms with van der Waals surface area (Å²) in [5.41, 5.74) is 1.30. The number of hydrogen-bond acceptors (Lipinski definition) is 6. The molecule has 0 saturated heterocycles. The van der Waals surface area contributed by atoms with Gasteiger partial charge in [-0.2, -0.15) is 0 Å². The highest BCUT2D eigenvalue weighted by Crippen LogP contribution is 2.28. The minimum atomic E-state index is -0.301. The van der Waals surface area contributed by atoms with Crippen LogP contribution in [0, 0.1) is 0 Å². The molecule has 150 valence electrons. The minimum Gasteiger partial charge on any atom is -0.497 e. The Morgan fingerprint density at radius 3 is 2.64 bits per heavy atom. The maximum atomic E-state index is 12.3. The van der Waals surface area contributed by atoms with Crippen molar-refractivity contribution >= 4 is 11.8 Å². The zero-order valence-electron chi connectivity index (χ0n) is 16.1. The van der Waals surface area contributed by atoms with Crippen LogP contribution in [-0.4, -0.2) is 55.3 Å². The zero-order valence-corrected chi connectivity index (χ0v) is 16.1. The van der Waals surface area contributed by atoms with Gasteiger partial charge in [0.25, 0.3) is 5.91 Å². The molecule has 1 N–H and O–H groups in total. The van der Waals surface area contributed by atoms with Gasteiger partial charge in [-0.15, -0.1) is 0 Å². The van der Waals surface area contributed by atoms with Gasteiger partial charge in [0.1, 0.15) is 12.4 Å². The van der Waals surface area contributed by atoms with Crippen molar-refractivity contribution in [3.63, 3.8) is 0 Å². The van der Waals surface area contributed by atoms with E-state index in [1.54, 1.807) is 18.1 Å². The number of hydrogen-bond donors (Lipinski definition) is 1. The van der Waals surface area contributed by atoms with Crippen molar-refractivity contribution < 1.29 is 23.6 Å². The molecule has 28 heavy (non-hydrogen) atoms. The quantitative estimate of drug-likeness (QED) is 0.668. The third kappa shape index (κ3) is 5.32. The third-order valence-electron chi connectivity index (χ3n) is 4.55. The first kappa shape index (κ1) is 19.9. The lowest BCUT2D eigenvalue weighted by molar-refractivity contribution is -0.136. The summed E-state index contributed by atoms with van der Waals surface area (Å²) in [6, 6.07) is 9.49. The molecule has 8 heteroatoms. The van der Waals surface area contributed by atoms with Crippen molar-refractivity contribution in [1.29, 1.82) is 0 Å². The fourth-order valence-electron chi connectivity index (χ4n) is 2.88. The van der Waals surface area contributed by atoms with E-state index in [9.17, 15) is 9.59 Å². The first-order valence-corrected chi connectivity index (χ1v) is 9.26. The van der Waals surface area contributed by atoms with E-state index in [0.717, 1.165) is 24.2 Å². The van der Waals surface area contributed by atoms with Crippen LogP contribution >= 0.6 is 0 Å². The van der Waals surface area contributed by atoms with Crippen LogP contribution in [-0.2, 0) is 22.5 Å². The standard InChI is InChI=1S/C20H25N3O5/c1-26-13-19(24)23(15-5-6-15)12-17-11-18(22-28-17)20(25)21-10-9-14-3-7-16(27-2)8-4-14/h3-4,7-8,11,15H,5-6,9-10,12-13H2,1-2H3,(H,21,25). The Hall–Kier alpha value is -2.87. The number of benzene rings is 1. The Morgan fingerprint density at radius 2 is 2.00 bits per heavy atom. The molecule has 1 saturated carbocycles. The summed E-state index contributed by atoms with van der Waals surface area (Å²) < 4.78 is 15.3. The molecular formula is C20H25N3O5. The van der Waals surface area contributed by atoms with E-state index in [1.165, 1.54) is 7.11 Å². The number of aromatic nitrogens is 1. The van der Waals surface area contributed by atoms with Crippen LogP contribution in [0.3, 0.4) is 0 Å². The second kappa shape index (κ2) is 9.36. The fourth-order valence-corrected chi connectivity index (χ4v) is 2.88. The van der Waals surface area contributed by atoms with Crippen molar-refractivity contribution in [2.75, 3.05) is 27.4 Å². The second-order valence-corrected chi connectivity index (χ2v) is 6.72. The third-order valence-corrected chi connectivity index (χ3v) is 4.55. The molecule has 1 aromatic carbocycles. The maximum absolute atomic E-state index is 12.3. The van der Waals surface area contributed by atoms with Gasteiger partial charge in [0.05, 0.1) is 13.7 Å². The van der Waals surface area contributed by atoms with Gasteiger partial charge in [-0.3, -0.25) is 9.59 Å². The number of rotatable bonds is 10.